The quantitative estimate of drug-likeness (QED) is 0.577. The van der Waals surface area contributed by atoms with Crippen molar-refractivity contribution < 1.29 is 4.79 Å². The van der Waals surface area contributed by atoms with E-state index in [2.05, 4.69) is 13.8 Å². The third-order valence-corrected chi connectivity index (χ3v) is 3.16. The van der Waals surface area contributed by atoms with E-state index < -0.39 is 5.24 Å². The number of carbonyl (C=O) groups is 1. The van der Waals surface area contributed by atoms with Gasteiger partial charge < -0.3 is 0 Å². The van der Waals surface area contributed by atoms with Gasteiger partial charge in [-0.2, -0.15) is 0 Å². The summed E-state index contributed by atoms with van der Waals surface area (Å²) in [5, 5.41) is 0.116. The number of thioether (sulfide) groups is 1. The van der Waals surface area contributed by atoms with E-state index in [4.69, 9.17) is 11.6 Å². The van der Waals surface area contributed by atoms with Crippen molar-refractivity contribution in [2.75, 3.05) is 0 Å². The third kappa shape index (κ3) is 3.03. The zero-order valence-electron chi connectivity index (χ0n) is 8.50. The van der Waals surface area contributed by atoms with Crippen LogP contribution in [0.4, 0.5) is 0 Å². The number of carbonyl (C=O) groups excluding carboxylic acids is 1. The van der Waals surface area contributed by atoms with Crippen LogP contribution in [0, 0.1) is 6.92 Å². The first-order valence-corrected chi connectivity index (χ1v) is 5.73. The fourth-order valence-electron chi connectivity index (χ4n) is 1.10. The highest BCUT2D eigenvalue weighted by molar-refractivity contribution is 8.00. The Morgan fingerprint density at radius 2 is 2.07 bits per heavy atom. The highest BCUT2D eigenvalue weighted by Crippen LogP contribution is 2.27. The minimum Gasteiger partial charge on any atom is -0.276 e. The average Bonchev–Trinajstić information content (AvgIpc) is 2.07. The highest BCUT2D eigenvalue weighted by Gasteiger charge is 2.07. The van der Waals surface area contributed by atoms with Crippen LogP contribution in [0.25, 0.3) is 0 Å². The van der Waals surface area contributed by atoms with Crippen molar-refractivity contribution in [2.45, 2.75) is 30.9 Å². The van der Waals surface area contributed by atoms with Gasteiger partial charge in [-0.25, -0.2) is 0 Å². The molecule has 3 heteroatoms. The summed E-state index contributed by atoms with van der Waals surface area (Å²) in [6.07, 6.45) is 0. The Morgan fingerprint density at radius 1 is 1.43 bits per heavy atom. The van der Waals surface area contributed by atoms with Crippen LogP contribution in [-0.2, 0) is 0 Å². The largest absolute Gasteiger partial charge is 0.276 e. The van der Waals surface area contributed by atoms with Crippen LogP contribution in [0.5, 0.6) is 0 Å². The van der Waals surface area contributed by atoms with Crippen molar-refractivity contribution in [1.82, 2.24) is 0 Å². The van der Waals surface area contributed by atoms with Gasteiger partial charge in [0.15, 0.2) is 0 Å². The van der Waals surface area contributed by atoms with Crippen LogP contribution in [-0.4, -0.2) is 10.5 Å². The zero-order valence-corrected chi connectivity index (χ0v) is 10.1. The predicted octanol–water partition coefficient (Wildman–Crippen LogP) is 3.87. The Morgan fingerprint density at radius 3 is 2.57 bits per heavy atom. The summed E-state index contributed by atoms with van der Waals surface area (Å²) in [6.45, 7) is 6.28. The molecule has 0 aliphatic rings. The van der Waals surface area contributed by atoms with Gasteiger partial charge in [-0.05, 0) is 36.2 Å². The molecule has 1 rings (SSSR count). The molecule has 0 radical (unpaired) electrons. The molecular formula is C11H13ClOS. The molecule has 0 N–H and O–H groups in total. The summed E-state index contributed by atoms with van der Waals surface area (Å²) >= 11 is 7.16. The molecule has 1 aromatic rings. The molecule has 76 valence electrons. The van der Waals surface area contributed by atoms with E-state index >= 15 is 0 Å². The Kier molecular flexibility index (Phi) is 4.02. The molecule has 0 aliphatic carbocycles. The molecule has 1 nitrogen and oxygen atoms in total. The lowest BCUT2D eigenvalue weighted by Gasteiger charge is -2.08. The Bertz CT molecular complexity index is 347. The Balaban J connectivity index is 3.02. The van der Waals surface area contributed by atoms with Gasteiger partial charge in [0.25, 0.3) is 5.24 Å². The highest BCUT2D eigenvalue weighted by atomic mass is 35.5. The average molecular weight is 229 g/mol. The fourth-order valence-corrected chi connectivity index (χ4v) is 2.18. The second kappa shape index (κ2) is 4.85. The summed E-state index contributed by atoms with van der Waals surface area (Å²) in [5.74, 6) is 0. The summed E-state index contributed by atoms with van der Waals surface area (Å²) in [4.78, 5) is 12.1. The second-order valence-corrected chi connectivity index (χ2v) is 5.38. The zero-order chi connectivity index (χ0) is 10.7. The lowest BCUT2D eigenvalue weighted by molar-refractivity contribution is 0.108. The van der Waals surface area contributed by atoms with Crippen molar-refractivity contribution >= 4 is 28.6 Å². The monoisotopic (exact) mass is 228 g/mol. The van der Waals surface area contributed by atoms with E-state index in [1.807, 2.05) is 19.1 Å². The summed E-state index contributed by atoms with van der Waals surface area (Å²) in [5.41, 5.74) is 1.76. The third-order valence-electron chi connectivity index (χ3n) is 1.78. The molecule has 0 spiro atoms. The number of hydrogen-bond acceptors (Lipinski definition) is 2. The number of hydrogen-bond donors (Lipinski definition) is 0. The molecular weight excluding hydrogens is 216 g/mol. The van der Waals surface area contributed by atoms with Gasteiger partial charge in [-0.15, -0.1) is 11.8 Å². The van der Waals surface area contributed by atoms with Crippen molar-refractivity contribution in [1.29, 1.82) is 0 Å². The van der Waals surface area contributed by atoms with E-state index in [1.165, 1.54) is 5.56 Å². The summed E-state index contributed by atoms with van der Waals surface area (Å²) < 4.78 is 0. The Hall–Kier alpha value is -0.470. The van der Waals surface area contributed by atoms with Crippen LogP contribution >= 0.6 is 23.4 Å². The molecule has 0 fully saturated rings. The summed E-state index contributed by atoms with van der Waals surface area (Å²) in [6, 6.07) is 5.55. The van der Waals surface area contributed by atoms with Crippen molar-refractivity contribution in [3.63, 3.8) is 0 Å². The van der Waals surface area contributed by atoms with Crippen LogP contribution in [0.3, 0.4) is 0 Å². The second-order valence-electron chi connectivity index (χ2n) is 3.42. The lowest BCUT2D eigenvalue weighted by Crippen LogP contribution is -1.93. The molecule has 0 aromatic heterocycles. The topological polar surface area (TPSA) is 17.1 Å². The van der Waals surface area contributed by atoms with Gasteiger partial charge in [0, 0.05) is 15.7 Å². The van der Waals surface area contributed by atoms with Gasteiger partial charge in [0.2, 0.25) is 0 Å². The van der Waals surface area contributed by atoms with Crippen LogP contribution in [0.1, 0.15) is 29.8 Å². The van der Waals surface area contributed by atoms with E-state index in [1.54, 1.807) is 17.8 Å². The van der Waals surface area contributed by atoms with E-state index in [9.17, 15) is 4.79 Å². The first kappa shape index (κ1) is 11.6. The molecule has 0 unspecified atom stereocenters. The molecule has 0 heterocycles. The minimum atomic E-state index is -0.393. The van der Waals surface area contributed by atoms with Gasteiger partial charge in [0.1, 0.15) is 0 Å². The predicted molar refractivity (Wildman–Crippen MR) is 62.4 cm³/mol. The van der Waals surface area contributed by atoms with Crippen LogP contribution in [0.2, 0.25) is 0 Å². The maximum Gasteiger partial charge on any atom is 0.252 e. The number of rotatable bonds is 3. The molecule has 0 atom stereocenters. The molecule has 14 heavy (non-hydrogen) atoms. The van der Waals surface area contributed by atoms with E-state index in [-0.39, 0.29) is 0 Å². The molecule has 0 bridgehead atoms. The van der Waals surface area contributed by atoms with Crippen molar-refractivity contribution in [3.8, 4) is 0 Å². The van der Waals surface area contributed by atoms with Crippen LogP contribution in [0.15, 0.2) is 23.1 Å². The minimum absolute atomic E-state index is 0.393. The van der Waals surface area contributed by atoms with Crippen molar-refractivity contribution in [3.05, 3.63) is 29.3 Å². The van der Waals surface area contributed by atoms with Crippen molar-refractivity contribution in [2.24, 2.45) is 0 Å². The normalized spacial score (nSPS) is 10.6. The maximum absolute atomic E-state index is 11.0. The lowest BCUT2D eigenvalue weighted by atomic mass is 10.2. The van der Waals surface area contributed by atoms with E-state index in [0.717, 1.165) is 4.90 Å². The van der Waals surface area contributed by atoms with Gasteiger partial charge in [0.05, 0.1) is 0 Å². The Labute approximate surface area is 93.8 Å². The van der Waals surface area contributed by atoms with Gasteiger partial charge in [-0.3, -0.25) is 4.79 Å². The van der Waals surface area contributed by atoms with Gasteiger partial charge >= 0.3 is 0 Å². The number of aryl methyl sites for hydroxylation is 1. The standard InChI is InChI=1S/C11H13ClOS/c1-7(2)14-10-6-9(11(12)13)5-4-8(10)3/h4-7H,1-3H3. The smallest absolute Gasteiger partial charge is 0.252 e. The SMILES string of the molecule is Cc1ccc(C(=O)Cl)cc1SC(C)C. The maximum atomic E-state index is 11.0. The molecule has 0 amide bonds. The number of benzene rings is 1. The van der Waals surface area contributed by atoms with E-state index in [0.29, 0.717) is 10.8 Å². The molecule has 0 aliphatic heterocycles. The first-order chi connectivity index (χ1) is 6.50. The van der Waals surface area contributed by atoms with Crippen LogP contribution < -0.4 is 0 Å². The molecule has 1 aromatic carbocycles. The first-order valence-electron chi connectivity index (χ1n) is 4.48. The molecule has 0 saturated carbocycles. The fraction of sp³-hybridized carbons (Fsp3) is 0.364. The molecule has 0 saturated heterocycles. The summed E-state index contributed by atoms with van der Waals surface area (Å²) in [7, 11) is 0. The van der Waals surface area contributed by atoms with Gasteiger partial charge in [-0.1, -0.05) is 19.9 Å². The number of halogens is 1.